The Labute approximate surface area is 109 Å². The molecular weight excluding hydrogens is 257 g/mol. The highest BCUT2D eigenvalue weighted by Crippen LogP contribution is 2.35. The molecule has 104 valence electrons. The number of hydrogen-bond donors (Lipinski definition) is 2. The van der Waals surface area contributed by atoms with E-state index in [0.29, 0.717) is 18.5 Å². The lowest BCUT2D eigenvalue weighted by Gasteiger charge is -2.24. The number of amides is 1. The first kappa shape index (κ1) is 13.9. The quantitative estimate of drug-likeness (QED) is 0.888. The number of aryl methyl sites for hydroxylation is 1. The summed E-state index contributed by atoms with van der Waals surface area (Å²) in [5, 5.41) is 5.10. The largest absolute Gasteiger partial charge is 0.407 e. The molecule has 0 bridgehead atoms. The van der Waals surface area contributed by atoms with Crippen molar-refractivity contribution >= 4 is 11.6 Å². The van der Waals surface area contributed by atoms with Gasteiger partial charge >= 0.3 is 6.18 Å². The number of fused-ring (bicyclic) bond motifs is 1. The summed E-state index contributed by atoms with van der Waals surface area (Å²) in [5.41, 5.74) is 1.55. The van der Waals surface area contributed by atoms with E-state index in [1.54, 1.807) is 6.92 Å². The van der Waals surface area contributed by atoms with Crippen molar-refractivity contribution in [1.82, 2.24) is 5.32 Å². The summed E-state index contributed by atoms with van der Waals surface area (Å²) >= 11 is 0. The summed E-state index contributed by atoms with van der Waals surface area (Å²) in [5.74, 6) is -0.0979. The van der Waals surface area contributed by atoms with Crippen molar-refractivity contribution in [3.63, 3.8) is 0 Å². The van der Waals surface area contributed by atoms with Crippen LogP contribution in [0.4, 0.5) is 18.9 Å². The van der Waals surface area contributed by atoms with Gasteiger partial charge in [-0.1, -0.05) is 19.1 Å². The zero-order valence-corrected chi connectivity index (χ0v) is 10.5. The third-order valence-corrected chi connectivity index (χ3v) is 3.09. The summed E-state index contributed by atoms with van der Waals surface area (Å²) in [6.45, 7) is 1.87. The van der Waals surface area contributed by atoms with E-state index in [1.165, 1.54) is 18.2 Å². The molecule has 0 aromatic heterocycles. The highest BCUT2D eigenvalue weighted by atomic mass is 19.4. The summed E-state index contributed by atoms with van der Waals surface area (Å²) in [6.07, 6.45) is -3.54. The van der Waals surface area contributed by atoms with Gasteiger partial charge in [-0.15, -0.1) is 0 Å². The summed E-state index contributed by atoms with van der Waals surface area (Å²) in [4.78, 5) is 11.2. The van der Waals surface area contributed by atoms with Crippen molar-refractivity contribution in [1.29, 1.82) is 0 Å². The Bertz CT molecular complexity index is 485. The number of halogens is 3. The summed E-state index contributed by atoms with van der Waals surface area (Å²) in [6, 6.07) is 2.80. The Morgan fingerprint density at radius 1 is 1.37 bits per heavy atom. The second-order valence-corrected chi connectivity index (χ2v) is 4.50. The lowest BCUT2D eigenvalue weighted by molar-refractivity contribution is -0.157. The zero-order chi connectivity index (χ0) is 14.0. The van der Waals surface area contributed by atoms with Crippen molar-refractivity contribution in [3.8, 4) is 0 Å². The predicted molar refractivity (Wildman–Crippen MR) is 65.9 cm³/mol. The molecule has 1 heterocycles. The van der Waals surface area contributed by atoms with E-state index < -0.39 is 12.2 Å². The Hall–Kier alpha value is -1.56. The third-order valence-electron chi connectivity index (χ3n) is 3.09. The average molecular weight is 272 g/mol. The van der Waals surface area contributed by atoms with E-state index in [4.69, 9.17) is 0 Å². The number of carbonyl (C=O) groups excluding carboxylic acids is 1. The molecular formula is C13H15F3N2O. The second kappa shape index (κ2) is 5.21. The smallest absolute Gasteiger partial charge is 0.326 e. The maximum Gasteiger partial charge on any atom is 0.407 e. The Kier molecular flexibility index (Phi) is 3.80. The second-order valence-electron chi connectivity index (χ2n) is 4.50. The predicted octanol–water partition coefficient (Wildman–Crippen LogP) is 2.78. The van der Waals surface area contributed by atoms with Gasteiger partial charge in [0.05, 0.1) is 0 Å². The molecule has 3 nitrogen and oxygen atoms in total. The van der Waals surface area contributed by atoms with Crippen LogP contribution in [0.3, 0.4) is 0 Å². The van der Waals surface area contributed by atoms with Gasteiger partial charge in [0.2, 0.25) is 5.91 Å². The van der Waals surface area contributed by atoms with Gasteiger partial charge in [0.15, 0.2) is 0 Å². The van der Waals surface area contributed by atoms with Crippen LogP contribution in [-0.2, 0) is 11.2 Å². The summed E-state index contributed by atoms with van der Waals surface area (Å²) in [7, 11) is 0. The zero-order valence-electron chi connectivity index (χ0n) is 10.5. The Morgan fingerprint density at radius 2 is 2.11 bits per heavy atom. The van der Waals surface area contributed by atoms with Crippen LogP contribution in [0.15, 0.2) is 18.2 Å². The molecule has 0 aliphatic carbocycles. The van der Waals surface area contributed by atoms with Crippen molar-refractivity contribution < 1.29 is 18.0 Å². The van der Waals surface area contributed by atoms with Crippen molar-refractivity contribution in [2.75, 3.05) is 11.9 Å². The number of anilines is 1. The molecule has 19 heavy (non-hydrogen) atoms. The first-order chi connectivity index (χ1) is 8.91. The van der Waals surface area contributed by atoms with Crippen LogP contribution in [0.1, 0.15) is 30.5 Å². The van der Waals surface area contributed by atoms with E-state index >= 15 is 0 Å². The molecule has 0 spiro atoms. The fourth-order valence-electron chi connectivity index (χ4n) is 2.21. The maximum absolute atomic E-state index is 13.0. The molecule has 1 aliphatic rings. The number of benzene rings is 1. The van der Waals surface area contributed by atoms with E-state index in [2.05, 4.69) is 10.6 Å². The summed E-state index contributed by atoms with van der Waals surface area (Å²) < 4.78 is 38.9. The molecule has 2 rings (SSSR count). The van der Waals surface area contributed by atoms with Crippen molar-refractivity contribution in [2.45, 2.75) is 32.0 Å². The standard InChI is InChI=1S/C13H15F3N2O/c1-2-17-12(13(14,15)16)9-3-5-10-8(7-9)4-6-11(19)18-10/h3,5,7,12,17H,2,4,6H2,1H3,(H,18,19). The average Bonchev–Trinajstić information content (AvgIpc) is 2.34. The molecule has 1 aromatic rings. The van der Waals surface area contributed by atoms with Gasteiger partial charge in [0.25, 0.3) is 0 Å². The molecule has 6 heteroatoms. The van der Waals surface area contributed by atoms with E-state index in [9.17, 15) is 18.0 Å². The molecule has 1 amide bonds. The fraction of sp³-hybridized carbons (Fsp3) is 0.462. The molecule has 1 atom stereocenters. The lowest BCUT2D eigenvalue weighted by atomic mass is 9.97. The molecule has 1 aliphatic heterocycles. The molecule has 2 N–H and O–H groups in total. The van der Waals surface area contributed by atoms with Crippen molar-refractivity contribution in [2.24, 2.45) is 0 Å². The van der Waals surface area contributed by atoms with Crippen LogP contribution < -0.4 is 10.6 Å². The van der Waals surface area contributed by atoms with E-state index in [-0.39, 0.29) is 18.0 Å². The minimum atomic E-state index is -4.33. The Balaban J connectivity index is 2.32. The van der Waals surface area contributed by atoms with Crippen LogP contribution >= 0.6 is 0 Å². The number of nitrogens with one attached hydrogen (secondary N) is 2. The first-order valence-corrected chi connectivity index (χ1v) is 6.14. The molecule has 0 saturated heterocycles. The lowest BCUT2D eigenvalue weighted by Crippen LogP contribution is -2.34. The molecule has 0 fully saturated rings. The van der Waals surface area contributed by atoms with Crippen LogP contribution in [-0.4, -0.2) is 18.6 Å². The van der Waals surface area contributed by atoms with Crippen LogP contribution in [0.25, 0.3) is 0 Å². The van der Waals surface area contributed by atoms with Crippen LogP contribution in [0.5, 0.6) is 0 Å². The minimum absolute atomic E-state index is 0.0979. The highest BCUT2D eigenvalue weighted by Gasteiger charge is 2.40. The molecule has 1 unspecified atom stereocenters. The van der Waals surface area contributed by atoms with Crippen LogP contribution in [0.2, 0.25) is 0 Å². The number of hydrogen-bond acceptors (Lipinski definition) is 2. The minimum Gasteiger partial charge on any atom is -0.326 e. The maximum atomic E-state index is 13.0. The van der Waals surface area contributed by atoms with E-state index in [1.807, 2.05) is 0 Å². The van der Waals surface area contributed by atoms with Gasteiger partial charge in [-0.3, -0.25) is 4.79 Å². The molecule has 1 aromatic carbocycles. The van der Waals surface area contributed by atoms with Gasteiger partial charge in [-0.2, -0.15) is 13.2 Å². The first-order valence-electron chi connectivity index (χ1n) is 6.14. The van der Waals surface area contributed by atoms with Gasteiger partial charge in [0.1, 0.15) is 6.04 Å². The molecule has 0 radical (unpaired) electrons. The van der Waals surface area contributed by atoms with Crippen molar-refractivity contribution in [3.05, 3.63) is 29.3 Å². The SMILES string of the molecule is CCNC(c1ccc2c(c1)CCC(=O)N2)C(F)(F)F. The fourth-order valence-corrected chi connectivity index (χ4v) is 2.21. The third kappa shape index (κ3) is 3.07. The van der Waals surface area contributed by atoms with Gasteiger partial charge < -0.3 is 10.6 Å². The monoisotopic (exact) mass is 272 g/mol. The highest BCUT2D eigenvalue weighted by molar-refractivity contribution is 5.93. The van der Waals surface area contributed by atoms with Crippen LogP contribution in [0, 0.1) is 0 Å². The number of alkyl halides is 3. The number of carbonyl (C=O) groups is 1. The molecule has 0 saturated carbocycles. The Morgan fingerprint density at radius 3 is 2.74 bits per heavy atom. The van der Waals surface area contributed by atoms with Gasteiger partial charge in [-0.05, 0) is 30.2 Å². The topological polar surface area (TPSA) is 41.1 Å². The van der Waals surface area contributed by atoms with E-state index in [0.717, 1.165) is 5.56 Å². The van der Waals surface area contributed by atoms with Gasteiger partial charge in [-0.25, -0.2) is 0 Å². The van der Waals surface area contributed by atoms with Gasteiger partial charge in [0, 0.05) is 12.1 Å². The normalized spacial score (nSPS) is 16.7. The number of rotatable bonds is 3.